The van der Waals surface area contributed by atoms with E-state index in [1.54, 1.807) is 0 Å². The molecule has 3 rings (SSSR count). The zero-order chi connectivity index (χ0) is 24.4. The van der Waals surface area contributed by atoms with Crippen molar-refractivity contribution >= 4 is 23.8 Å². The number of amides is 2. The second-order valence-corrected chi connectivity index (χ2v) is 8.27. The molecular weight excluding hydrogens is 450 g/mol. The van der Waals surface area contributed by atoms with Crippen LogP contribution in [0.4, 0.5) is 8.78 Å². The molecular formula is C24H28F2N2O6. The molecule has 0 bridgehead atoms. The number of halogens is 2. The molecule has 2 heterocycles. The van der Waals surface area contributed by atoms with E-state index in [-0.39, 0.29) is 57.1 Å². The lowest BCUT2D eigenvalue weighted by Crippen LogP contribution is -2.33. The lowest BCUT2D eigenvalue weighted by molar-refractivity contribution is 0.0671. The van der Waals surface area contributed by atoms with Crippen LogP contribution in [0.15, 0.2) is 36.4 Å². The highest BCUT2D eigenvalue weighted by molar-refractivity contribution is 6.12. The van der Waals surface area contributed by atoms with Crippen LogP contribution >= 0.6 is 0 Å². The summed E-state index contributed by atoms with van der Waals surface area (Å²) in [4.78, 5) is 52.5. The molecule has 34 heavy (non-hydrogen) atoms. The summed E-state index contributed by atoms with van der Waals surface area (Å²) in [5.74, 6) is -5.43. The van der Waals surface area contributed by atoms with E-state index in [0.29, 0.717) is 11.1 Å². The molecule has 2 fully saturated rings. The molecule has 2 N–H and O–H groups in total. The Balaban J connectivity index is 0.00000408. The van der Waals surface area contributed by atoms with Crippen molar-refractivity contribution in [2.45, 2.75) is 13.8 Å². The molecule has 0 aliphatic carbocycles. The number of benzene rings is 1. The van der Waals surface area contributed by atoms with E-state index in [1.807, 2.05) is 0 Å². The van der Waals surface area contributed by atoms with Crippen LogP contribution in [-0.2, 0) is 0 Å². The molecule has 0 spiro atoms. The quantitative estimate of drug-likeness (QED) is 0.581. The van der Waals surface area contributed by atoms with Crippen LogP contribution in [0.5, 0.6) is 0 Å². The second kappa shape index (κ2) is 10.6. The van der Waals surface area contributed by atoms with E-state index in [4.69, 9.17) is 0 Å². The number of aromatic carboxylic acids is 2. The Bertz CT molecular complexity index is 1050. The maximum atomic E-state index is 13.2. The third-order valence-electron chi connectivity index (χ3n) is 6.12. The number of carboxylic acids is 2. The summed E-state index contributed by atoms with van der Waals surface area (Å²) >= 11 is 0. The minimum Gasteiger partial charge on any atom is -0.478 e. The first-order valence-electron chi connectivity index (χ1n) is 10.3. The Morgan fingerprint density at radius 3 is 1.62 bits per heavy atom. The molecule has 2 atom stereocenters. The monoisotopic (exact) mass is 478 g/mol. The number of rotatable bonds is 7. The van der Waals surface area contributed by atoms with Gasteiger partial charge < -0.3 is 20.0 Å². The van der Waals surface area contributed by atoms with E-state index in [9.17, 15) is 38.2 Å². The average molecular weight is 478 g/mol. The van der Waals surface area contributed by atoms with Crippen LogP contribution in [0, 0.1) is 11.8 Å². The fourth-order valence-electron chi connectivity index (χ4n) is 4.21. The van der Waals surface area contributed by atoms with Gasteiger partial charge in [-0.1, -0.05) is 31.7 Å². The normalized spacial score (nSPS) is 19.8. The smallest absolute Gasteiger partial charge is 0.336 e. The van der Waals surface area contributed by atoms with Crippen molar-refractivity contribution in [3.63, 3.8) is 0 Å². The van der Waals surface area contributed by atoms with Gasteiger partial charge in [0, 0.05) is 38.0 Å². The first-order chi connectivity index (χ1) is 15.6. The number of carbonyl (C=O) groups is 4. The Labute approximate surface area is 196 Å². The Morgan fingerprint density at radius 1 is 0.824 bits per heavy atom. The molecule has 1 aromatic rings. The van der Waals surface area contributed by atoms with Gasteiger partial charge in [-0.3, -0.25) is 18.4 Å². The highest BCUT2D eigenvalue weighted by Crippen LogP contribution is 2.29. The average Bonchev–Trinajstić information content (AvgIpc) is 3.34. The fraction of sp³-hybridized carbons (Fsp3) is 0.417. The number of hydrogen-bond donors (Lipinski definition) is 2. The maximum Gasteiger partial charge on any atom is 0.336 e. The van der Waals surface area contributed by atoms with E-state index in [1.165, 1.54) is 9.80 Å². The summed E-state index contributed by atoms with van der Waals surface area (Å²) in [5, 5.41) is 19.2. The minimum absolute atomic E-state index is 0. The lowest BCUT2D eigenvalue weighted by atomic mass is 9.96. The van der Waals surface area contributed by atoms with Crippen LogP contribution in [0.1, 0.15) is 55.3 Å². The highest BCUT2D eigenvalue weighted by Gasteiger charge is 2.35. The third-order valence-corrected chi connectivity index (χ3v) is 6.12. The van der Waals surface area contributed by atoms with Gasteiger partial charge in [-0.2, -0.15) is 0 Å². The second-order valence-electron chi connectivity index (χ2n) is 8.27. The minimum atomic E-state index is -1.54. The number of alkyl halides is 2. The number of carbonyl (C=O) groups excluding carboxylic acids is 2. The molecule has 2 aliphatic rings. The summed E-state index contributed by atoms with van der Waals surface area (Å²) in [7, 11) is 0. The predicted octanol–water partition coefficient (Wildman–Crippen LogP) is 3.30. The zero-order valence-corrected chi connectivity index (χ0v) is 17.9. The van der Waals surface area contributed by atoms with Crippen molar-refractivity contribution in [2.24, 2.45) is 11.8 Å². The molecule has 2 aliphatic heterocycles. The van der Waals surface area contributed by atoms with E-state index in [0.717, 1.165) is 12.1 Å². The van der Waals surface area contributed by atoms with Gasteiger partial charge in [0.1, 0.15) is 0 Å². The Hall–Kier alpha value is -3.56. The van der Waals surface area contributed by atoms with Crippen molar-refractivity contribution in [1.82, 2.24) is 9.80 Å². The summed E-state index contributed by atoms with van der Waals surface area (Å²) in [6, 6.07) is 1.75. The van der Waals surface area contributed by atoms with Crippen LogP contribution < -0.4 is 0 Å². The van der Waals surface area contributed by atoms with E-state index < -0.39 is 54.1 Å². The number of likely N-dealkylation sites (tertiary alicyclic amines) is 2. The van der Waals surface area contributed by atoms with Crippen LogP contribution in [-0.4, -0.2) is 83.3 Å². The molecule has 0 saturated carbocycles. The van der Waals surface area contributed by atoms with Gasteiger partial charge in [-0.15, -0.1) is 0 Å². The van der Waals surface area contributed by atoms with Gasteiger partial charge in [0.25, 0.3) is 11.8 Å². The number of hydrogen-bond acceptors (Lipinski definition) is 4. The van der Waals surface area contributed by atoms with Crippen LogP contribution in [0.2, 0.25) is 0 Å². The van der Waals surface area contributed by atoms with Gasteiger partial charge in [-0.25, -0.2) is 9.59 Å². The van der Waals surface area contributed by atoms with Crippen molar-refractivity contribution in [1.29, 1.82) is 0 Å². The summed E-state index contributed by atoms with van der Waals surface area (Å²) < 4.78 is 25.9. The fourth-order valence-corrected chi connectivity index (χ4v) is 4.21. The molecule has 0 aromatic heterocycles. The van der Waals surface area contributed by atoms with Gasteiger partial charge in [0.15, 0.2) is 0 Å². The number of nitrogens with zero attached hydrogens (tertiary/aromatic N) is 2. The molecule has 0 radical (unpaired) electrons. The van der Waals surface area contributed by atoms with Crippen molar-refractivity contribution in [3.8, 4) is 0 Å². The van der Waals surface area contributed by atoms with Crippen molar-refractivity contribution < 1.29 is 38.2 Å². The molecule has 2 unspecified atom stereocenters. The maximum absolute atomic E-state index is 13.2. The molecule has 1 aromatic carbocycles. The summed E-state index contributed by atoms with van der Waals surface area (Å²) in [6.07, 6.45) is 0.171. The first kappa shape index (κ1) is 26.7. The Kier molecular flexibility index (Phi) is 8.31. The van der Waals surface area contributed by atoms with Crippen molar-refractivity contribution in [3.05, 3.63) is 58.7 Å². The van der Waals surface area contributed by atoms with E-state index >= 15 is 0 Å². The largest absolute Gasteiger partial charge is 0.478 e. The number of carboxylic acid groups (broad SMARTS) is 2. The summed E-state index contributed by atoms with van der Waals surface area (Å²) in [6.45, 7) is 6.49. The van der Waals surface area contributed by atoms with Crippen molar-refractivity contribution in [2.75, 3.05) is 39.5 Å². The first-order valence-corrected chi connectivity index (χ1v) is 10.3. The topological polar surface area (TPSA) is 115 Å². The molecule has 8 nitrogen and oxygen atoms in total. The standard InChI is InChI=1S/C23H24F2N2O6.CH4/c1-12-8-26(10-14(12)3-4-24)20(28)16-5-17(19(23(32)33)6-18(16)22(30)31)21(29)27-9-13(2)15(7-25)11-27;/h5-6,14-15H,1-4,7-11H2,(H,30,31)(H,32,33);1H4. The Morgan fingerprint density at radius 2 is 1.24 bits per heavy atom. The predicted molar refractivity (Wildman–Crippen MR) is 121 cm³/mol. The lowest BCUT2D eigenvalue weighted by Gasteiger charge is -2.21. The molecule has 2 saturated heterocycles. The third kappa shape index (κ3) is 5.00. The van der Waals surface area contributed by atoms with Gasteiger partial charge in [-0.05, 0) is 18.6 Å². The van der Waals surface area contributed by atoms with Crippen LogP contribution in [0.3, 0.4) is 0 Å². The van der Waals surface area contributed by atoms with Gasteiger partial charge in [0.05, 0.1) is 35.6 Å². The van der Waals surface area contributed by atoms with E-state index in [2.05, 4.69) is 13.2 Å². The summed E-state index contributed by atoms with van der Waals surface area (Å²) in [5.41, 5.74) is -0.767. The van der Waals surface area contributed by atoms with Gasteiger partial charge >= 0.3 is 11.9 Å². The van der Waals surface area contributed by atoms with Crippen LogP contribution in [0.25, 0.3) is 0 Å². The molecule has 184 valence electrons. The molecule has 2 amide bonds. The molecule has 10 heteroatoms. The zero-order valence-electron chi connectivity index (χ0n) is 17.9. The highest BCUT2D eigenvalue weighted by atomic mass is 19.1. The van der Waals surface area contributed by atoms with Gasteiger partial charge in [0.2, 0.25) is 0 Å². The SMILES string of the molecule is C.C=C1CN(C(=O)c2cc(C(=O)N3CC(=C)C(CCF)C3)c(C(=O)O)cc2C(=O)O)CC1CF.